The van der Waals surface area contributed by atoms with E-state index in [1.54, 1.807) is 0 Å². The zero-order valence-electron chi connectivity index (χ0n) is 8.75. The molecular weight excluding hydrogens is 329 g/mol. The van der Waals surface area contributed by atoms with E-state index in [1.165, 1.54) is 12.3 Å². The molecule has 1 aromatic carbocycles. The molecule has 0 amide bonds. The van der Waals surface area contributed by atoms with Gasteiger partial charge in [-0.2, -0.15) is 0 Å². The SMILES string of the molecule is Nc1cc(Br)c(F)cc1Oc1ncc(Cl)cc1F. The molecule has 1 aromatic heterocycles. The summed E-state index contributed by atoms with van der Waals surface area (Å²) in [4.78, 5) is 3.65. The molecule has 2 N–H and O–H groups in total. The van der Waals surface area contributed by atoms with Crippen LogP contribution in [0.5, 0.6) is 11.6 Å². The Morgan fingerprint density at radius 3 is 2.61 bits per heavy atom. The van der Waals surface area contributed by atoms with Gasteiger partial charge in [-0.3, -0.25) is 0 Å². The minimum absolute atomic E-state index is 0.0237. The molecule has 0 aliphatic rings. The van der Waals surface area contributed by atoms with E-state index >= 15 is 0 Å². The summed E-state index contributed by atoms with van der Waals surface area (Å²) in [6.07, 6.45) is 1.21. The van der Waals surface area contributed by atoms with E-state index in [2.05, 4.69) is 20.9 Å². The van der Waals surface area contributed by atoms with Gasteiger partial charge >= 0.3 is 0 Å². The number of nitrogens with zero attached hydrogens (tertiary/aromatic N) is 1. The Morgan fingerprint density at radius 1 is 1.22 bits per heavy atom. The van der Waals surface area contributed by atoms with Crippen molar-refractivity contribution >= 4 is 33.2 Å². The van der Waals surface area contributed by atoms with Gasteiger partial charge in [0.25, 0.3) is 5.88 Å². The number of halogens is 4. The van der Waals surface area contributed by atoms with Crippen molar-refractivity contribution in [3.8, 4) is 11.6 Å². The summed E-state index contributed by atoms with van der Waals surface area (Å²) in [6.45, 7) is 0. The summed E-state index contributed by atoms with van der Waals surface area (Å²) >= 11 is 8.52. The second-order valence-electron chi connectivity index (χ2n) is 3.35. The van der Waals surface area contributed by atoms with Crippen LogP contribution in [-0.4, -0.2) is 4.98 Å². The van der Waals surface area contributed by atoms with Gasteiger partial charge < -0.3 is 10.5 Å². The van der Waals surface area contributed by atoms with Crippen molar-refractivity contribution in [1.29, 1.82) is 0 Å². The van der Waals surface area contributed by atoms with Gasteiger partial charge in [-0.1, -0.05) is 11.6 Å². The number of rotatable bonds is 2. The summed E-state index contributed by atoms with van der Waals surface area (Å²) in [7, 11) is 0. The quantitative estimate of drug-likeness (QED) is 0.839. The third-order valence-corrected chi connectivity index (χ3v) is 2.85. The Balaban J connectivity index is 2.37. The molecule has 1 heterocycles. The molecule has 2 aromatic rings. The first-order valence-electron chi connectivity index (χ1n) is 4.71. The molecule has 7 heteroatoms. The highest BCUT2D eigenvalue weighted by Crippen LogP contribution is 2.32. The average molecular weight is 336 g/mol. The Bertz CT molecular complexity index is 610. The number of hydrogen-bond donors (Lipinski definition) is 1. The number of benzene rings is 1. The van der Waals surface area contributed by atoms with Crippen LogP contribution in [0.15, 0.2) is 28.9 Å². The molecule has 94 valence electrons. The van der Waals surface area contributed by atoms with Crippen LogP contribution in [0.1, 0.15) is 0 Å². The first-order chi connectivity index (χ1) is 8.47. The molecule has 0 atom stereocenters. The fraction of sp³-hybridized carbons (Fsp3) is 0. The zero-order chi connectivity index (χ0) is 13.3. The third-order valence-electron chi connectivity index (χ3n) is 2.03. The molecule has 0 fully saturated rings. The molecule has 0 saturated heterocycles. The summed E-state index contributed by atoms with van der Waals surface area (Å²) < 4.78 is 32.0. The predicted molar refractivity (Wildman–Crippen MR) is 67.8 cm³/mol. The largest absolute Gasteiger partial charge is 0.434 e. The molecule has 0 aliphatic carbocycles. The van der Waals surface area contributed by atoms with Crippen LogP contribution in [0.4, 0.5) is 14.5 Å². The van der Waals surface area contributed by atoms with Gasteiger partial charge in [-0.05, 0) is 28.1 Å². The summed E-state index contributed by atoms with van der Waals surface area (Å²) in [5, 5.41) is 0.134. The molecule has 0 spiro atoms. The van der Waals surface area contributed by atoms with Crippen molar-refractivity contribution in [3.05, 3.63) is 45.5 Å². The second kappa shape index (κ2) is 5.07. The molecule has 0 bridgehead atoms. The first kappa shape index (κ1) is 13.0. The van der Waals surface area contributed by atoms with Gasteiger partial charge in [0.2, 0.25) is 0 Å². The van der Waals surface area contributed by atoms with Crippen molar-refractivity contribution in [1.82, 2.24) is 4.98 Å². The highest BCUT2D eigenvalue weighted by atomic mass is 79.9. The van der Waals surface area contributed by atoms with E-state index in [0.29, 0.717) is 0 Å². The smallest absolute Gasteiger partial charge is 0.256 e. The van der Waals surface area contributed by atoms with Crippen molar-refractivity contribution in [2.75, 3.05) is 5.73 Å². The van der Waals surface area contributed by atoms with Gasteiger partial charge in [0.1, 0.15) is 5.82 Å². The Morgan fingerprint density at radius 2 is 1.94 bits per heavy atom. The highest BCUT2D eigenvalue weighted by Gasteiger charge is 2.12. The van der Waals surface area contributed by atoms with Crippen LogP contribution < -0.4 is 10.5 Å². The normalized spacial score (nSPS) is 10.4. The van der Waals surface area contributed by atoms with E-state index in [0.717, 1.165) is 12.1 Å². The Labute approximate surface area is 115 Å². The van der Waals surface area contributed by atoms with Crippen molar-refractivity contribution in [2.45, 2.75) is 0 Å². The summed E-state index contributed by atoms with van der Waals surface area (Å²) in [5.74, 6) is -1.68. The minimum atomic E-state index is -0.759. The van der Waals surface area contributed by atoms with Crippen LogP contribution in [0, 0.1) is 11.6 Å². The van der Waals surface area contributed by atoms with Crippen LogP contribution in [-0.2, 0) is 0 Å². The van der Waals surface area contributed by atoms with Gasteiger partial charge in [0.15, 0.2) is 11.6 Å². The lowest BCUT2D eigenvalue weighted by Gasteiger charge is -2.09. The predicted octanol–water partition coefficient (Wildman–Crippen LogP) is 4.15. The van der Waals surface area contributed by atoms with Gasteiger partial charge in [0.05, 0.1) is 15.2 Å². The number of ether oxygens (including phenoxy) is 1. The molecule has 3 nitrogen and oxygen atoms in total. The molecule has 0 saturated carbocycles. The molecule has 2 rings (SSSR count). The van der Waals surface area contributed by atoms with Crippen LogP contribution in [0.2, 0.25) is 5.02 Å². The first-order valence-corrected chi connectivity index (χ1v) is 5.88. The standard InChI is InChI=1S/C11H6BrClF2N2O/c12-6-2-9(16)10(3-7(6)14)18-11-8(15)1-5(13)4-17-11/h1-4H,16H2. The van der Waals surface area contributed by atoms with Crippen LogP contribution >= 0.6 is 27.5 Å². The maximum atomic E-state index is 13.4. The third kappa shape index (κ3) is 2.70. The molecular formula is C11H6BrClF2N2O. The number of nitrogen functional groups attached to an aromatic ring is 1. The Kier molecular flexibility index (Phi) is 3.68. The topological polar surface area (TPSA) is 48.1 Å². The van der Waals surface area contributed by atoms with Crippen molar-refractivity contribution in [2.24, 2.45) is 0 Å². The van der Waals surface area contributed by atoms with E-state index in [9.17, 15) is 8.78 Å². The number of hydrogen-bond acceptors (Lipinski definition) is 3. The second-order valence-corrected chi connectivity index (χ2v) is 4.64. The molecule has 0 aliphatic heterocycles. The fourth-order valence-electron chi connectivity index (χ4n) is 1.21. The summed E-state index contributed by atoms with van der Waals surface area (Å²) in [5.41, 5.74) is 5.77. The van der Waals surface area contributed by atoms with E-state index in [4.69, 9.17) is 22.1 Å². The maximum absolute atomic E-state index is 13.4. The highest BCUT2D eigenvalue weighted by molar-refractivity contribution is 9.10. The lowest BCUT2D eigenvalue weighted by atomic mass is 10.3. The lowest BCUT2D eigenvalue weighted by Crippen LogP contribution is -1.97. The zero-order valence-corrected chi connectivity index (χ0v) is 11.1. The maximum Gasteiger partial charge on any atom is 0.256 e. The number of pyridine rings is 1. The van der Waals surface area contributed by atoms with E-state index in [-0.39, 0.29) is 26.8 Å². The fourth-order valence-corrected chi connectivity index (χ4v) is 1.72. The number of aromatic nitrogens is 1. The van der Waals surface area contributed by atoms with Crippen molar-refractivity contribution in [3.63, 3.8) is 0 Å². The number of nitrogens with two attached hydrogens (primary N) is 1. The summed E-state index contributed by atoms with van der Waals surface area (Å²) in [6, 6.07) is 3.39. The van der Waals surface area contributed by atoms with Crippen molar-refractivity contribution < 1.29 is 13.5 Å². The molecule has 18 heavy (non-hydrogen) atoms. The minimum Gasteiger partial charge on any atom is -0.434 e. The molecule has 0 radical (unpaired) electrons. The lowest BCUT2D eigenvalue weighted by molar-refractivity contribution is 0.421. The van der Waals surface area contributed by atoms with Crippen LogP contribution in [0.25, 0.3) is 0 Å². The van der Waals surface area contributed by atoms with Gasteiger partial charge in [0, 0.05) is 12.3 Å². The Hall–Kier alpha value is -1.40. The van der Waals surface area contributed by atoms with Gasteiger partial charge in [-0.25, -0.2) is 13.8 Å². The van der Waals surface area contributed by atoms with E-state index in [1.807, 2.05) is 0 Å². The molecule has 0 unspecified atom stereocenters. The average Bonchev–Trinajstić information content (AvgIpc) is 2.29. The van der Waals surface area contributed by atoms with E-state index < -0.39 is 11.6 Å². The van der Waals surface area contributed by atoms with Crippen LogP contribution in [0.3, 0.4) is 0 Å². The monoisotopic (exact) mass is 334 g/mol. The number of anilines is 1. The van der Waals surface area contributed by atoms with Gasteiger partial charge in [-0.15, -0.1) is 0 Å².